The molecule has 11 nitrogen and oxygen atoms in total. The molecule has 2 fully saturated rings. The lowest BCUT2D eigenvalue weighted by atomic mass is 9.52. The molecule has 5 rings (SSSR count). The van der Waals surface area contributed by atoms with Gasteiger partial charge in [-0.1, -0.05) is 30.3 Å². The molecule has 0 radical (unpaired) electrons. The molecule has 0 spiro atoms. The average molecular weight is 573 g/mol. The fourth-order valence-electron chi connectivity index (χ4n) is 7.05. The van der Waals surface area contributed by atoms with Gasteiger partial charge in [-0.15, -0.1) is 0 Å². The smallest absolute Gasteiger partial charge is 0.235 e. The van der Waals surface area contributed by atoms with Gasteiger partial charge in [-0.25, -0.2) is 0 Å². The number of phenols is 1. The van der Waals surface area contributed by atoms with Gasteiger partial charge in [0, 0.05) is 25.4 Å². The molecule has 3 aliphatic carbocycles. The molecule has 3 aliphatic rings. The number of nitrogens with one attached hydrogen (secondary N) is 1. The second-order valence-corrected chi connectivity index (χ2v) is 11.6. The number of primary amides is 1. The summed E-state index contributed by atoms with van der Waals surface area (Å²) in [5.74, 6) is -10.7. The Bertz CT molecular complexity index is 1540. The Kier molecular flexibility index (Phi) is 7.57. The molecule has 1 amide bonds. The van der Waals surface area contributed by atoms with Gasteiger partial charge in [0.15, 0.2) is 34.7 Å². The number of likely N-dealkylation sites (N-methyl/N-ethyl adjacent to an activating group) is 1. The van der Waals surface area contributed by atoms with Crippen LogP contribution in [-0.4, -0.2) is 76.4 Å². The van der Waals surface area contributed by atoms with E-state index in [9.17, 15) is 34.2 Å². The third-order valence-corrected chi connectivity index (χ3v) is 8.95. The van der Waals surface area contributed by atoms with Crippen LogP contribution in [0, 0.1) is 35.0 Å². The summed E-state index contributed by atoms with van der Waals surface area (Å²) in [4.78, 5) is 68.1. The molecule has 42 heavy (non-hydrogen) atoms. The molecule has 5 N–H and O–H groups in total. The molecule has 0 saturated heterocycles. The highest BCUT2D eigenvalue weighted by Gasteiger charge is 2.69. The van der Waals surface area contributed by atoms with E-state index in [1.807, 2.05) is 24.3 Å². The normalized spacial score (nSPS) is 28.6. The number of nitrogens with two attached hydrogens (primary N) is 1. The van der Waals surface area contributed by atoms with Crippen LogP contribution in [-0.2, 0) is 32.1 Å². The topological polar surface area (TPSA) is 191 Å². The number of aromatic hydroxyl groups is 1. The number of rotatable bonds is 7. The number of nitrogens with zero attached hydrogens (tertiary/aromatic N) is 2. The van der Waals surface area contributed by atoms with Crippen LogP contribution < -0.4 is 11.1 Å². The number of carbonyl (C=O) groups excluding carboxylic acids is 5. The van der Waals surface area contributed by atoms with Gasteiger partial charge >= 0.3 is 0 Å². The van der Waals surface area contributed by atoms with Crippen molar-refractivity contribution in [3.05, 3.63) is 53.1 Å². The summed E-state index contributed by atoms with van der Waals surface area (Å²) in [6, 6.07) is 11.6. The van der Waals surface area contributed by atoms with Crippen molar-refractivity contribution in [1.82, 2.24) is 10.2 Å². The third-order valence-electron chi connectivity index (χ3n) is 8.95. The number of hydrogen-bond donors (Lipinski definition) is 4. The zero-order valence-corrected chi connectivity index (χ0v) is 23.3. The van der Waals surface area contributed by atoms with E-state index in [2.05, 4.69) is 11.4 Å². The van der Waals surface area contributed by atoms with Gasteiger partial charge in [0.2, 0.25) is 5.91 Å². The Labute approximate surface area is 242 Å². The fraction of sp³-hybridized carbons (Fsp3) is 0.419. The molecule has 2 saturated carbocycles. The Morgan fingerprint density at radius 2 is 1.81 bits per heavy atom. The van der Waals surface area contributed by atoms with Crippen LogP contribution in [0.4, 0.5) is 0 Å². The highest BCUT2D eigenvalue weighted by atomic mass is 16.3. The van der Waals surface area contributed by atoms with Gasteiger partial charge in [-0.2, -0.15) is 5.26 Å². The minimum atomic E-state index is -2.75. The summed E-state index contributed by atoms with van der Waals surface area (Å²) in [5.41, 5.74) is 5.59. The number of hydrogen-bond acceptors (Lipinski definition) is 10. The standard InChI is InChI=1S/C31H32N4O7/c1-35(2)25-20-13-17-12-19-18(16-6-4-15(5-7-16)14-34-11-3-10-32)8-9-21(36)23(19)26(37)22(17)28(39)31(20,42)29(40)24(27(25)38)30(33)41/h4-9,17,20,22,24-25,34,36,42H,3,11-14H2,1-2H3,(H2,33,41)/t17-,20-,22?,24?,25-,31-/m0/s1. The summed E-state index contributed by atoms with van der Waals surface area (Å²) in [5, 5.41) is 34.3. The average Bonchev–Trinajstić information content (AvgIpc) is 2.93. The number of phenolic OH excluding ortho intramolecular Hbond substituents is 1. The predicted octanol–water partition coefficient (Wildman–Crippen LogP) is 0.537. The van der Waals surface area contributed by atoms with E-state index < -0.39 is 64.4 Å². The molecule has 218 valence electrons. The number of amides is 1. The Morgan fingerprint density at radius 1 is 1.12 bits per heavy atom. The number of nitriles is 1. The molecule has 2 aromatic carbocycles. The summed E-state index contributed by atoms with van der Waals surface area (Å²) in [7, 11) is 3.10. The van der Waals surface area contributed by atoms with Crippen molar-refractivity contribution >= 4 is 29.0 Å². The first-order valence-electron chi connectivity index (χ1n) is 13.8. The number of Topliss-reactive ketones (excluding diaryl/α,β-unsaturated/α-hetero) is 4. The first-order valence-corrected chi connectivity index (χ1v) is 13.8. The zero-order chi connectivity index (χ0) is 30.5. The maximum absolute atomic E-state index is 13.9. The Morgan fingerprint density at radius 3 is 2.43 bits per heavy atom. The van der Waals surface area contributed by atoms with Crippen LogP contribution in [0.5, 0.6) is 5.75 Å². The van der Waals surface area contributed by atoms with Gasteiger partial charge in [0.1, 0.15) is 5.75 Å². The second kappa shape index (κ2) is 10.9. The molecule has 0 bridgehead atoms. The molecule has 0 aromatic heterocycles. The van der Waals surface area contributed by atoms with E-state index in [0.29, 0.717) is 30.6 Å². The van der Waals surface area contributed by atoms with Crippen molar-refractivity contribution < 1.29 is 34.2 Å². The number of aliphatic hydroxyl groups is 1. The highest BCUT2D eigenvalue weighted by Crippen LogP contribution is 2.51. The van der Waals surface area contributed by atoms with Gasteiger partial charge in [0.05, 0.1) is 23.6 Å². The molecular weight excluding hydrogens is 540 g/mol. The van der Waals surface area contributed by atoms with Crippen molar-refractivity contribution in [2.24, 2.45) is 29.4 Å². The lowest BCUT2D eigenvalue weighted by Crippen LogP contribution is -2.74. The Hall–Kier alpha value is -4.24. The zero-order valence-electron chi connectivity index (χ0n) is 23.3. The number of carbonyl (C=O) groups is 5. The van der Waals surface area contributed by atoms with Gasteiger partial charge in [-0.3, -0.25) is 28.9 Å². The van der Waals surface area contributed by atoms with Crippen molar-refractivity contribution in [2.75, 3.05) is 20.6 Å². The van der Waals surface area contributed by atoms with E-state index in [-0.39, 0.29) is 24.2 Å². The van der Waals surface area contributed by atoms with E-state index in [4.69, 9.17) is 11.0 Å². The highest BCUT2D eigenvalue weighted by molar-refractivity contribution is 6.32. The monoisotopic (exact) mass is 572 g/mol. The van der Waals surface area contributed by atoms with Crippen LogP contribution in [0.2, 0.25) is 0 Å². The Balaban J connectivity index is 1.54. The summed E-state index contributed by atoms with van der Waals surface area (Å²) in [6.45, 7) is 1.14. The summed E-state index contributed by atoms with van der Waals surface area (Å²) < 4.78 is 0. The first-order chi connectivity index (χ1) is 19.9. The van der Waals surface area contributed by atoms with Crippen molar-refractivity contribution in [2.45, 2.75) is 37.5 Å². The van der Waals surface area contributed by atoms with Crippen molar-refractivity contribution in [3.63, 3.8) is 0 Å². The number of fused-ring (bicyclic) bond motifs is 3. The third kappa shape index (κ3) is 4.43. The lowest BCUT2D eigenvalue weighted by Gasteiger charge is -2.52. The maximum atomic E-state index is 13.9. The molecule has 0 heterocycles. The SMILES string of the molecule is CN(C)[C@@H]1C(=O)C(C(N)=O)C(=O)[C@@]2(O)C(=O)C3C(=O)c4c(O)ccc(-c5ccc(CNCCC#N)cc5)c4C[C@H]3C[C@@H]12. The van der Waals surface area contributed by atoms with Crippen LogP contribution >= 0.6 is 0 Å². The molecular formula is C31H32N4O7. The van der Waals surface area contributed by atoms with Crippen molar-refractivity contribution in [3.8, 4) is 22.9 Å². The molecule has 2 unspecified atom stereocenters. The summed E-state index contributed by atoms with van der Waals surface area (Å²) >= 11 is 0. The molecule has 6 atom stereocenters. The molecule has 2 aromatic rings. The second-order valence-electron chi connectivity index (χ2n) is 11.6. The lowest BCUT2D eigenvalue weighted by molar-refractivity contribution is -0.181. The van der Waals surface area contributed by atoms with Crippen LogP contribution in [0.1, 0.15) is 34.3 Å². The van der Waals surface area contributed by atoms with Gasteiger partial charge in [-0.05, 0) is 61.2 Å². The number of ketones is 4. The van der Waals surface area contributed by atoms with E-state index in [1.54, 1.807) is 20.2 Å². The number of benzene rings is 2. The molecule has 11 heteroatoms. The van der Waals surface area contributed by atoms with Crippen LogP contribution in [0.25, 0.3) is 11.1 Å². The van der Waals surface area contributed by atoms with Crippen LogP contribution in [0.15, 0.2) is 36.4 Å². The minimum Gasteiger partial charge on any atom is -0.507 e. The van der Waals surface area contributed by atoms with E-state index in [0.717, 1.165) is 11.1 Å². The largest absolute Gasteiger partial charge is 0.507 e. The van der Waals surface area contributed by atoms with Gasteiger partial charge < -0.3 is 21.3 Å². The van der Waals surface area contributed by atoms with E-state index >= 15 is 0 Å². The van der Waals surface area contributed by atoms with E-state index in [1.165, 1.54) is 11.0 Å². The van der Waals surface area contributed by atoms with Gasteiger partial charge in [0.25, 0.3) is 0 Å². The van der Waals surface area contributed by atoms with Crippen molar-refractivity contribution in [1.29, 1.82) is 5.26 Å². The van der Waals surface area contributed by atoms with Crippen LogP contribution in [0.3, 0.4) is 0 Å². The summed E-state index contributed by atoms with van der Waals surface area (Å²) in [6.07, 6.45) is 0.581. The quantitative estimate of drug-likeness (QED) is 0.269. The predicted molar refractivity (Wildman–Crippen MR) is 149 cm³/mol. The fourth-order valence-corrected chi connectivity index (χ4v) is 7.05. The first kappa shape index (κ1) is 29.3. The molecule has 0 aliphatic heterocycles. The maximum Gasteiger partial charge on any atom is 0.235 e. The minimum absolute atomic E-state index is 0.00764.